The van der Waals surface area contributed by atoms with Gasteiger partial charge in [-0.15, -0.1) is 0 Å². The fraction of sp³-hybridized carbons (Fsp3) is 0.567. The smallest absolute Gasteiger partial charge is 0.413 e. The van der Waals surface area contributed by atoms with Crippen LogP contribution in [0.1, 0.15) is 72.8 Å². The maximum Gasteiger partial charge on any atom is 0.413 e. The van der Waals surface area contributed by atoms with Crippen LogP contribution < -0.4 is 21.5 Å². The Balaban J connectivity index is 1.76. The summed E-state index contributed by atoms with van der Waals surface area (Å²) < 4.78 is 17.6. The first-order valence-electron chi connectivity index (χ1n) is 14.9. The molecule has 2 aliphatic rings. The molecule has 4 amide bonds. The zero-order valence-corrected chi connectivity index (χ0v) is 28.7. The van der Waals surface area contributed by atoms with Crippen LogP contribution in [-0.4, -0.2) is 91.5 Å². The van der Waals surface area contributed by atoms with Gasteiger partial charge in [-0.05, 0) is 68.4 Å². The van der Waals surface area contributed by atoms with E-state index < -0.39 is 52.2 Å². The lowest BCUT2D eigenvalue weighted by Crippen LogP contribution is -2.59. The second-order valence-corrected chi connectivity index (χ2v) is 14.6. The molecule has 0 aliphatic carbocycles. The average molecular weight is 677 g/mol. The van der Waals surface area contributed by atoms with Crippen molar-refractivity contribution in [1.29, 1.82) is 0 Å². The van der Waals surface area contributed by atoms with Gasteiger partial charge in [0.1, 0.15) is 46.1 Å². The summed E-state index contributed by atoms with van der Waals surface area (Å²) >= 11 is 6.61. The van der Waals surface area contributed by atoms with Crippen molar-refractivity contribution in [2.75, 3.05) is 36.8 Å². The van der Waals surface area contributed by atoms with Gasteiger partial charge < -0.3 is 34.6 Å². The fourth-order valence-corrected chi connectivity index (χ4v) is 5.21. The summed E-state index contributed by atoms with van der Waals surface area (Å²) in [5.74, 6) is -0.486. The van der Waals surface area contributed by atoms with Crippen molar-refractivity contribution >= 4 is 53.1 Å². The minimum absolute atomic E-state index is 0.0237. The maximum atomic E-state index is 14.2. The quantitative estimate of drug-likeness (QED) is 0.394. The number of aromatic nitrogens is 3. The van der Waals surface area contributed by atoms with E-state index in [-0.39, 0.29) is 54.2 Å². The Labute approximate surface area is 277 Å². The molecule has 0 atom stereocenters. The number of halogens is 1. The van der Waals surface area contributed by atoms with E-state index in [1.165, 1.54) is 21.9 Å². The number of ether oxygens (including phenoxy) is 3. The third-order valence-electron chi connectivity index (χ3n) is 6.55. The lowest BCUT2D eigenvalue weighted by Gasteiger charge is -2.36. The van der Waals surface area contributed by atoms with Gasteiger partial charge in [0.15, 0.2) is 5.66 Å². The van der Waals surface area contributed by atoms with Crippen molar-refractivity contribution in [2.24, 2.45) is 0 Å². The maximum absolute atomic E-state index is 14.2. The first-order chi connectivity index (χ1) is 21.6. The molecule has 2 aromatic heterocycles. The highest BCUT2D eigenvalue weighted by atomic mass is 35.5. The van der Waals surface area contributed by atoms with Gasteiger partial charge in [-0.25, -0.2) is 24.4 Å². The Kier molecular flexibility index (Phi) is 9.41. The van der Waals surface area contributed by atoms with Gasteiger partial charge in [0.05, 0.1) is 18.1 Å². The standard InChI is InChI=1S/C30H41ClN8O8/c1-27(2,3)45-24(42)35-20-13-19(32-16-33-20)34-18-12-17(31)21-22(40)36-30(39(21)23(18)41)14-37(25(43)46-28(4,5)6)10-11-38(15-30)26(44)47-29(7,8)9/h12-13,16H,10-11,14-15H2,1-9H3,(H,36,40)(H2,32,33,34,35,42). The lowest BCUT2D eigenvalue weighted by atomic mass is 10.1. The predicted molar refractivity (Wildman–Crippen MR) is 172 cm³/mol. The van der Waals surface area contributed by atoms with E-state index in [1.807, 2.05) is 0 Å². The van der Waals surface area contributed by atoms with Gasteiger partial charge in [0.25, 0.3) is 11.5 Å². The number of rotatable bonds is 3. The van der Waals surface area contributed by atoms with Crippen LogP contribution in [0.2, 0.25) is 5.02 Å². The molecule has 0 saturated carbocycles. The molecular formula is C30H41ClN8O8. The largest absolute Gasteiger partial charge is 0.444 e. The summed E-state index contributed by atoms with van der Waals surface area (Å²) in [5, 5.41) is 8.11. The van der Waals surface area contributed by atoms with Gasteiger partial charge in [-0.1, -0.05) is 11.6 Å². The van der Waals surface area contributed by atoms with E-state index in [4.69, 9.17) is 25.8 Å². The number of hydrogen-bond acceptors (Lipinski definition) is 11. The second kappa shape index (κ2) is 12.5. The van der Waals surface area contributed by atoms with E-state index in [9.17, 15) is 24.0 Å². The number of nitrogens with zero attached hydrogens (tertiary/aromatic N) is 5. The van der Waals surface area contributed by atoms with Crippen LogP contribution >= 0.6 is 11.6 Å². The molecule has 1 fully saturated rings. The molecule has 2 aliphatic heterocycles. The molecule has 4 heterocycles. The van der Waals surface area contributed by atoms with Crippen molar-refractivity contribution in [2.45, 2.75) is 84.8 Å². The molecular weight excluding hydrogens is 636 g/mol. The van der Waals surface area contributed by atoms with Gasteiger partial charge in [-0.3, -0.25) is 19.5 Å². The van der Waals surface area contributed by atoms with Gasteiger partial charge in [0.2, 0.25) is 0 Å². The number of anilines is 3. The van der Waals surface area contributed by atoms with Crippen molar-refractivity contribution in [3.8, 4) is 0 Å². The van der Waals surface area contributed by atoms with Gasteiger partial charge in [-0.2, -0.15) is 0 Å². The molecule has 256 valence electrons. The molecule has 47 heavy (non-hydrogen) atoms. The molecule has 0 radical (unpaired) electrons. The van der Waals surface area contributed by atoms with Crippen LogP contribution in [-0.2, 0) is 19.9 Å². The monoisotopic (exact) mass is 676 g/mol. The molecule has 0 aromatic carbocycles. The van der Waals surface area contributed by atoms with E-state index in [0.29, 0.717) is 0 Å². The van der Waals surface area contributed by atoms with Gasteiger partial charge >= 0.3 is 18.3 Å². The number of carbonyl (C=O) groups is 4. The summed E-state index contributed by atoms with van der Waals surface area (Å²) in [7, 11) is 0. The van der Waals surface area contributed by atoms with Crippen molar-refractivity contribution < 1.29 is 33.4 Å². The molecule has 2 aromatic rings. The Morgan fingerprint density at radius 2 is 1.34 bits per heavy atom. The van der Waals surface area contributed by atoms with Crippen LogP contribution in [0.5, 0.6) is 0 Å². The minimum atomic E-state index is -1.66. The lowest BCUT2D eigenvalue weighted by molar-refractivity contribution is 0.0168. The zero-order valence-electron chi connectivity index (χ0n) is 27.9. The molecule has 1 spiro atoms. The minimum Gasteiger partial charge on any atom is -0.444 e. The number of fused-ring (bicyclic) bond motifs is 2. The number of carbonyl (C=O) groups excluding carboxylic acids is 4. The van der Waals surface area contributed by atoms with Crippen LogP contribution in [0.15, 0.2) is 23.3 Å². The summed E-state index contributed by atoms with van der Waals surface area (Å²) in [6.07, 6.45) is -0.987. The topological polar surface area (TPSA) is 186 Å². The van der Waals surface area contributed by atoms with Crippen LogP contribution in [0.4, 0.5) is 31.7 Å². The zero-order chi connectivity index (χ0) is 35.1. The highest BCUT2D eigenvalue weighted by Crippen LogP contribution is 2.33. The van der Waals surface area contributed by atoms with Crippen LogP contribution in [0.3, 0.4) is 0 Å². The van der Waals surface area contributed by atoms with Crippen molar-refractivity contribution in [3.05, 3.63) is 39.5 Å². The summed E-state index contributed by atoms with van der Waals surface area (Å²) in [6, 6.07) is 2.64. The average Bonchev–Trinajstić information content (AvgIpc) is 3.03. The SMILES string of the molecule is CC(C)(C)OC(=O)Nc1cc(Nc2cc(Cl)c3n(c2=O)C2(CN(C(=O)OC(C)(C)C)CCN(C(=O)OC(C)(C)C)C2)NC3=O)ncn1. The van der Waals surface area contributed by atoms with Crippen molar-refractivity contribution in [3.63, 3.8) is 0 Å². The van der Waals surface area contributed by atoms with E-state index in [2.05, 4.69) is 25.9 Å². The number of nitrogens with one attached hydrogen (secondary N) is 3. The number of pyridine rings is 1. The molecule has 17 heteroatoms. The molecule has 1 saturated heterocycles. The predicted octanol–water partition coefficient (Wildman–Crippen LogP) is 4.27. The third kappa shape index (κ3) is 8.61. The molecule has 16 nitrogen and oxygen atoms in total. The Morgan fingerprint density at radius 1 is 0.830 bits per heavy atom. The van der Waals surface area contributed by atoms with Crippen molar-refractivity contribution in [1.82, 2.24) is 29.7 Å². The first kappa shape index (κ1) is 35.3. The number of amides is 4. The number of hydrogen-bond donors (Lipinski definition) is 3. The third-order valence-corrected chi connectivity index (χ3v) is 6.84. The molecule has 0 unspecified atom stereocenters. The Morgan fingerprint density at radius 3 is 1.85 bits per heavy atom. The summed E-state index contributed by atoms with van der Waals surface area (Å²) in [6.45, 7) is 15.0. The Bertz CT molecular complexity index is 1600. The second-order valence-electron chi connectivity index (χ2n) is 14.2. The first-order valence-corrected chi connectivity index (χ1v) is 15.3. The van der Waals surface area contributed by atoms with E-state index >= 15 is 0 Å². The van der Waals surface area contributed by atoms with Crippen LogP contribution in [0, 0.1) is 0 Å². The summed E-state index contributed by atoms with van der Waals surface area (Å²) in [4.78, 5) is 77.4. The van der Waals surface area contributed by atoms with Crippen LogP contribution in [0.25, 0.3) is 0 Å². The normalized spacial score (nSPS) is 16.2. The molecule has 0 bridgehead atoms. The fourth-order valence-electron chi connectivity index (χ4n) is 4.93. The molecule has 4 rings (SSSR count). The van der Waals surface area contributed by atoms with E-state index in [0.717, 1.165) is 10.9 Å². The van der Waals surface area contributed by atoms with Gasteiger partial charge in [0, 0.05) is 19.2 Å². The highest BCUT2D eigenvalue weighted by Gasteiger charge is 2.51. The molecule has 3 N–H and O–H groups in total. The Hall–Kier alpha value is -4.60. The highest BCUT2D eigenvalue weighted by molar-refractivity contribution is 6.34. The van der Waals surface area contributed by atoms with E-state index in [1.54, 1.807) is 62.3 Å². The summed E-state index contributed by atoms with van der Waals surface area (Å²) in [5.41, 5.74) is -5.05.